The number of hydrogen-bond acceptors (Lipinski definition) is 2. The lowest BCUT2D eigenvalue weighted by atomic mass is 9.97. The van der Waals surface area contributed by atoms with E-state index in [1.54, 1.807) is 0 Å². The first-order valence-corrected chi connectivity index (χ1v) is 8.55. The lowest BCUT2D eigenvalue weighted by Gasteiger charge is -2.32. The van der Waals surface area contributed by atoms with Crippen LogP contribution in [-0.2, 0) is 13.1 Å². The second-order valence-corrected chi connectivity index (χ2v) is 6.50. The Morgan fingerprint density at radius 1 is 0.870 bits per heavy atom. The van der Waals surface area contributed by atoms with Gasteiger partial charge in [0.1, 0.15) is 0 Å². The third-order valence-corrected chi connectivity index (χ3v) is 4.90. The number of nitrogens with zero attached hydrogens (tertiary/aromatic N) is 2. The Bertz CT molecular complexity index is 588. The second kappa shape index (κ2) is 7.94. The van der Waals surface area contributed by atoms with Crippen molar-refractivity contribution in [2.24, 2.45) is 5.92 Å². The van der Waals surface area contributed by atoms with Crippen LogP contribution < -0.4 is 0 Å². The summed E-state index contributed by atoms with van der Waals surface area (Å²) < 4.78 is 0. The van der Waals surface area contributed by atoms with Crippen molar-refractivity contribution in [1.29, 1.82) is 5.26 Å². The molecule has 0 saturated heterocycles. The van der Waals surface area contributed by atoms with E-state index in [0.29, 0.717) is 18.4 Å². The highest BCUT2D eigenvalue weighted by molar-refractivity contribution is 5.17. The van der Waals surface area contributed by atoms with Crippen molar-refractivity contribution in [3.05, 3.63) is 71.8 Å². The maximum atomic E-state index is 9.14. The molecule has 2 nitrogen and oxygen atoms in total. The van der Waals surface area contributed by atoms with Crippen molar-refractivity contribution >= 4 is 0 Å². The fourth-order valence-electron chi connectivity index (χ4n) is 3.78. The summed E-state index contributed by atoms with van der Waals surface area (Å²) in [5.41, 5.74) is 2.71. The van der Waals surface area contributed by atoms with E-state index < -0.39 is 0 Å². The molecular formula is C21H24N2. The van der Waals surface area contributed by atoms with Gasteiger partial charge in [-0.2, -0.15) is 5.26 Å². The highest BCUT2D eigenvalue weighted by Gasteiger charge is 2.31. The topological polar surface area (TPSA) is 27.0 Å². The van der Waals surface area contributed by atoms with Crippen molar-refractivity contribution in [2.75, 3.05) is 0 Å². The molecule has 2 aromatic carbocycles. The fraction of sp³-hybridized carbons (Fsp3) is 0.381. The first kappa shape index (κ1) is 15.8. The molecule has 1 saturated carbocycles. The Labute approximate surface area is 139 Å². The number of nitriles is 1. The smallest absolute Gasteiger partial charge is 0.0625 e. The highest BCUT2D eigenvalue weighted by atomic mass is 15.2. The standard InChI is InChI=1S/C21H24N2/c22-15-14-20-12-7-13-21(20)23(16-18-8-3-1-4-9-18)17-19-10-5-2-6-11-19/h1-6,8-11,20-21H,7,12-14,16-17H2/t20-,21-/m1/s1. The summed E-state index contributed by atoms with van der Waals surface area (Å²) in [6, 6.07) is 24.3. The van der Waals surface area contributed by atoms with Gasteiger partial charge in [0.25, 0.3) is 0 Å². The fourth-order valence-corrected chi connectivity index (χ4v) is 3.78. The molecule has 3 rings (SSSR count). The summed E-state index contributed by atoms with van der Waals surface area (Å²) in [6.07, 6.45) is 4.34. The SMILES string of the molecule is N#CC[C@H]1CCC[C@H]1N(Cc1ccccc1)Cc1ccccc1. The van der Waals surface area contributed by atoms with E-state index in [0.717, 1.165) is 13.1 Å². The zero-order chi connectivity index (χ0) is 15.9. The Hall–Kier alpha value is -2.11. The minimum Gasteiger partial charge on any atom is -0.292 e. The molecule has 2 aromatic rings. The first-order valence-electron chi connectivity index (χ1n) is 8.55. The van der Waals surface area contributed by atoms with Crippen LogP contribution in [0.25, 0.3) is 0 Å². The van der Waals surface area contributed by atoms with Gasteiger partial charge in [0.15, 0.2) is 0 Å². The molecule has 0 amide bonds. The van der Waals surface area contributed by atoms with Gasteiger partial charge in [-0.1, -0.05) is 67.1 Å². The largest absolute Gasteiger partial charge is 0.292 e. The van der Waals surface area contributed by atoms with Gasteiger partial charge in [-0.25, -0.2) is 0 Å². The van der Waals surface area contributed by atoms with Gasteiger partial charge < -0.3 is 0 Å². The average Bonchev–Trinajstić information content (AvgIpc) is 3.05. The van der Waals surface area contributed by atoms with Crippen LogP contribution in [0.2, 0.25) is 0 Å². The van der Waals surface area contributed by atoms with Gasteiger partial charge in [-0.15, -0.1) is 0 Å². The Morgan fingerprint density at radius 3 is 1.96 bits per heavy atom. The lowest BCUT2D eigenvalue weighted by molar-refractivity contribution is 0.144. The molecule has 0 bridgehead atoms. The van der Waals surface area contributed by atoms with Crippen LogP contribution in [0, 0.1) is 17.2 Å². The van der Waals surface area contributed by atoms with Crippen molar-refractivity contribution in [1.82, 2.24) is 4.90 Å². The van der Waals surface area contributed by atoms with Gasteiger partial charge >= 0.3 is 0 Å². The van der Waals surface area contributed by atoms with Gasteiger partial charge in [0.05, 0.1) is 6.07 Å². The Kier molecular flexibility index (Phi) is 5.45. The molecule has 118 valence electrons. The van der Waals surface area contributed by atoms with Crippen LogP contribution in [0.15, 0.2) is 60.7 Å². The van der Waals surface area contributed by atoms with E-state index in [-0.39, 0.29) is 0 Å². The highest BCUT2D eigenvalue weighted by Crippen LogP contribution is 2.33. The number of hydrogen-bond donors (Lipinski definition) is 0. The molecule has 0 N–H and O–H groups in total. The van der Waals surface area contributed by atoms with Crippen LogP contribution >= 0.6 is 0 Å². The van der Waals surface area contributed by atoms with Crippen LogP contribution in [-0.4, -0.2) is 10.9 Å². The predicted molar refractivity (Wildman–Crippen MR) is 93.5 cm³/mol. The van der Waals surface area contributed by atoms with Crippen molar-refractivity contribution in [3.63, 3.8) is 0 Å². The molecule has 0 heterocycles. The lowest BCUT2D eigenvalue weighted by Crippen LogP contribution is -2.36. The molecule has 1 aliphatic carbocycles. The normalized spacial score (nSPS) is 20.5. The zero-order valence-corrected chi connectivity index (χ0v) is 13.6. The Morgan fingerprint density at radius 2 is 1.43 bits per heavy atom. The van der Waals surface area contributed by atoms with Crippen LogP contribution in [0.4, 0.5) is 0 Å². The molecule has 0 aliphatic heterocycles. The van der Waals surface area contributed by atoms with Crippen molar-refractivity contribution in [3.8, 4) is 6.07 Å². The van der Waals surface area contributed by atoms with Crippen molar-refractivity contribution in [2.45, 2.75) is 44.8 Å². The molecule has 2 heteroatoms. The van der Waals surface area contributed by atoms with E-state index in [9.17, 15) is 0 Å². The molecule has 0 spiro atoms. The Balaban J connectivity index is 1.79. The third kappa shape index (κ3) is 4.21. The molecule has 0 aromatic heterocycles. The molecule has 1 aliphatic rings. The van der Waals surface area contributed by atoms with Gasteiger partial charge in [0.2, 0.25) is 0 Å². The number of rotatable bonds is 6. The van der Waals surface area contributed by atoms with Gasteiger partial charge in [-0.05, 0) is 29.9 Å². The molecule has 0 radical (unpaired) electrons. The number of benzene rings is 2. The summed E-state index contributed by atoms with van der Waals surface area (Å²) in [6.45, 7) is 1.92. The summed E-state index contributed by atoms with van der Waals surface area (Å²) in [4.78, 5) is 2.58. The van der Waals surface area contributed by atoms with E-state index in [1.165, 1.54) is 30.4 Å². The van der Waals surface area contributed by atoms with E-state index in [2.05, 4.69) is 71.6 Å². The molecule has 23 heavy (non-hydrogen) atoms. The summed E-state index contributed by atoms with van der Waals surface area (Å²) >= 11 is 0. The van der Waals surface area contributed by atoms with E-state index in [1.807, 2.05) is 0 Å². The minimum absolute atomic E-state index is 0.521. The molecular weight excluding hydrogens is 280 g/mol. The summed E-state index contributed by atoms with van der Waals surface area (Å²) in [7, 11) is 0. The van der Waals surface area contributed by atoms with Crippen molar-refractivity contribution < 1.29 is 0 Å². The maximum Gasteiger partial charge on any atom is 0.0625 e. The van der Waals surface area contributed by atoms with Crippen LogP contribution in [0.1, 0.15) is 36.8 Å². The predicted octanol–water partition coefficient (Wildman–Crippen LogP) is 4.77. The molecule has 1 fully saturated rings. The first-order chi connectivity index (χ1) is 11.4. The third-order valence-electron chi connectivity index (χ3n) is 4.90. The minimum atomic E-state index is 0.521. The average molecular weight is 304 g/mol. The van der Waals surface area contributed by atoms with E-state index >= 15 is 0 Å². The second-order valence-electron chi connectivity index (χ2n) is 6.50. The van der Waals surface area contributed by atoms with Gasteiger partial charge in [0, 0.05) is 25.6 Å². The van der Waals surface area contributed by atoms with Gasteiger partial charge in [-0.3, -0.25) is 4.90 Å². The zero-order valence-electron chi connectivity index (χ0n) is 13.6. The van der Waals surface area contributed by atoms with E-state index in [4.69, 9.17) is 5.26 Å². The van der Waals surface area contributed by atoms with Crippen LogP contribution in [0.5, 0.6) is 0 Å². The van der Waals surface area contributed by atoms with Crippen LogP contribution in [0.3, 0.4) is 0 Å². The monoisotopic (exact) mass is 304 g/mol. The summed E-state index contributed by atoms with van der Waals surface area (Å²) in [5.74, 6) is 0.521. The quantitative estimate of drug-likeness (QED) is 0.768. The maximum absolute atomic E-state index is 9.14. The molecule has 0 unspecified atom stereocenters. The molecule has 2 atom stereocenters. The summed E-state index contributed by atoms with van der Waals surface area (Å²) in [5, 5.41) is 9.14.